The second kappa shape index (κ2) is 7.59. The molecule has 0 spiro atoms. The summed E-state index contributed by atoms with van der Waals surface area (Å²) in [6.07, 6.45) is 0.517. The fourth-order valence-corrected chi connectivity index (χ4v) is 2.08. The number of carboxylic acids is 1. The van der Waals surface area contributed by atoms with Crippen LogP contribution in [0.25, 0.3) is 0 Å². The van der Waals surface area contributed by atoms with E-state index in [0.29, 0.717) is 6.42 Å². The van der Waals surface area contributed by atoms with Crippen molar-refractivity contribution in [2.45, 2.75) is 19.8 Å². The molecule has 7 heteroatoms. The van der Waals surface area contributed by atoms with E-state index < -0.39 is 16.0 Å². The summed E-state index contributed by atoms with van der Waals surface area (Å²) in [5.41, 5.74) is 0. The molecule has 0 heterocycles. The molecule has 0 bridgehead atoms. The van der Waals surface area contributed by atoms with Crippen LogP contribution in [0.3, 0.4) is 0 Å². The third kappa shape index (κ3) is 8.63. The maximum atomic E-state index is 11.3. The molecule has 0 aromatic carbocycles. The number of nitrogens with one attached hydrogen (secondary N) is 1. The number of aliphatic carboxylic acids is 1. The van der Waals surface area contributed by atoms with Crippen LogP contribution in [0.15, 0.2) is 0 Å². The van der Waals surface area contributed by atoms with Gasteiger partial charge in [-0.25, -0.2) is 13.1 Å². The van der Waals surface area contributed by atoms with Gasteiger partial charge in [-0.15, -0.1) is 0 Å². The van der Waals surface area contributed by atoms with Gasteiger partial charge in [0.2, 0.25) is 10.0 Å². The van der Waals surface area contributed by atoms with Crippen molar-refractivity contribution in [3.8, 4) is 0 Å². The summed E-state index contributed by atoms with van der Waals surface area (Å²) in [5, 5.41) is 8.45. The minimum atomic E-state index is -3.30. The third-order valence-electron chi connectivity index (χ3n) is 2.06. The van der Waals surface area contributed by atoms with Crippen LogP contribution in [0.2, 0.25) is 0 Å². The van der Waals surface area contributed by atoms with Crippen molar-refractivity contribution in [2.75, 3.05) is 26.0 Å². The fraction of sp³-hybridized carbons (Fsp3) is 0.889. The Morgan fingerprint density at radius 2 is 2.12 bits per heavy atom. The first kappa shape index (κ1) is 15.3. The third-order valence-corrected chi connectivity index (χ3v) is 3.37. The number of methoxy groups -OCH3 is 1. The molecule has 1 unspecified atom stereocenters. The first-order valence-electron chi connectivity index (χ1n) is 5.05. The van der Waals surface area contributed by atoms with Crippen molar-refractivity contribution < 1.29 is 23.1 Å². The van der Waals surface area contributed by atoms with Gasteiger partial charge in [-0.05, 0) is 12.3 Å². The van der Waals surface area contributed by atoms with Crippen molar-refractivity contribution in [1.82, 2.24) is 4.72 Å². The van der Waals surface area contributed by atoms with E-state index in [0.717, 1.165) is 0 Å². The van der Waals surface area contributed by atoms with E-state index in [4.69, 9.17) is 5.11 Å². The molecule has 0 fully saturated rings. The largest absolute Gasteiger partial charge is 0.481 e. The summed E-state index contributed by atoms with van der Waals surface area (Å²) in [5.74, 6) is -0.933. The van der Waals surface area contributed by atoms with Gasteiger partial charge in [0, 0.05) is 20.1 Å². The monoisotopic (exact) mass is 253 g/mol. The predicted molar refractivity (Wildman–Crippen MR) is 59.7 cm³/mol. The number of carboxylic acid groups (broad SMARTS) is 1. The Kier molecular flexibility index (Phi) is 7.27. The van der Waals surface area contributed by atoms with E-state index in [2.05, 4.69) is 9.46 Å². The van der Waals surface area contributed by atoms with Gasteiger partial charge in [0.15, 0.2) is 0 Å². The number of hydrogen-bond acceptors (Lipinski definition) is 4. The van der Waals surface area contributed by atoms with Gasteiger partial charge in [-0.1, -0.05) is 6.92 Å². The Balaban J connectivity index is 3.81. The molecule has 16 heavy (non-hydrogen) atoms. The summed E-state index contributed by atoms with van der Waals surface area (Å²) in [4.78, 5) is 10.3. The van der Waals surface area contributed by atoms with Crippen LogP contribution in [-0.2, 0) is 19.6 Å². The van der Waals surface area contributed by atoms with Crippen molar-refractivity contribution in [1.29, 1.82) is 0 Å². The minimum Gasteiger partial charge on any atom is -0.481 e. The Labute approximate surface area is 96.0 Å². The number of rotatable bonds is 9. The zero-order chi connectivity index (χ0) is 12.6. The van der Waals surface area contributed by atoms with E-state index >= 15 is 0 Å². The first-order valence-corrected chi connectivity index (χ1v) is 6.70. The average molecular weight is 253 g/mol. The Hall–Kier alpha value is -0.660. The molecule has 1 atom stereocenters. The van der Waals surface area contributed by atoms with E-state index in [1.807, 2.05) is 6.92 Å². The van der Waals surface area contributed by atoms with E-state index in [9.17, 15) is 13.2 Å². The quantitative estimate of drug-likeness (QED) is 0.606. The Morgan fingerprint density at radius 3 is 2.62 bits per heavy atom. The van der Waals surface area contributed by atoms with Crippen molar-refractivity contribution in [2.24, 2.45) is 5.92 Å². The molecule has 0 saturated heterocycles. The van der Waals surface area contributed by atoms with Gasteiger partial charge in [0.1, 0.15) is 0 Å². The first-order chi connectivity index (χ1) is 7.37. The number of ether oxygens (including phenoxy) is 1. The molecule has 0 amide bonds. The van der Waals surface area contributed by atoms with Crippen molar-refractivity contribution in [3.05, 3.63) is 0 Å². The fourth-order valence-electron chi connectivity index (χ4n) is 1.01. The van der Waals surface area contributed by atoms with Gasteiger partial charge in [0.05, 0.1) is 12.4 Å². The van der Waals surface area contributed by atoms with Crippen molar-refractivity contribution in [3.63, 3.8) is 0 Å². The highest BCUT2D eigenvalue weighted by molar-refractivity contribution is 7.89. The van der Waals surface area contributed by atoms with Crippen LogP contribution in [-0.4, -0.2) is 45.5 Å². The molecule has 0 rings (SSSR count). The summed E-state index contributed by atoms with van der Waals surface area (Å²) in [7, 11) is -1.86. The lowest BCUT2D eigenvalue weighted by Crippen LogP contribution is -2.32. The molecule has 2 N–H and O–H groups in total. The Morgan fingerprint density at radius 1 is 1.50 bits per heavy atom. The zero-order valence-electron chi connectivity index (χ0n) is 9.60. The molecule has 0 saturated carbocycles. The number of hydrogen-bond donors (Lipinski definition) is 2. The molecular weight excluding hydrogens is 234 g/mol. The summed E-state index contributed by atoms with van der Waals surface area (Å²) >= 11 is 0. The lowest BCUT2D eigenvalue weighted by Gasteiger charge is -2.11. The second-order valence-electron chi connectivity index (χ2n) is 3.70. The molecule has 6 nitrogen and oxygen atoms in total. The average Bonchev–Trinajstić information content (AvgIpc) is 2.21. The molecule has 0 aliphatic heterocycles. The summed E-state index contributed by atoms with van der Waals surface area (Å²) in [6.45, 7) is 2.22. The lowest BCUT2D eigenvalue weighted by molar-refractivity contribution is -0.137. The lowest BCUT2D eigenvalue weighted by atomic mass is 10.1. The van der Waals surface area contributed by atoms with Crippen LogP contribution in [0.1, 0.15) is 19.8 Å². The van der Waals surface area contributed by atoms with Crippen LogP contribution in [0, 0.1) is 5.92 Å². The Bertz CT molecular complexity index is 301. The molecule has 96 valence electrons. The zero-order valence-corrected chi connectivity index (χ0v) is 10.4. The maximum Gasteiger partial charge on any atom is 0.303 e. The standard InChI is InChI=1S/C9H19NO5S/c1-8(3-4-9(11)12)7-10-16(13,14)6-5-15-2/h8,10H,3-7H2,1-2H3,(H,11,12). The normalized spacial score (nSPS) is 13.6. The van der Waals surface area contributed by atoms with Gasteiger partial charge in [-0.3, -0.25) is 4.79 Å². The highest BCUT2D eigenvalue weighted by Gasteiger charge is 2.12. The molecule has 0 aliphatic carbocycles. The molecule has 0 aliphatic rings. The highest BCUT2D eigenvalue weighted by Crippen LogP contribution is 2.04. The van der Waals surface area contributed by atoms with Gasteiger partial charge in [-0.2, -0.15) is 0 Å². The highest BCUT2D eigenvalue weighted by atomic mass is 32.2. The number of sulfonamides is 1. The molecule has 0 aromatic heterocycles. The van der Waals surface area contributed by atoms with Gasteiger partial charge in [0.25, 0.3) is 0 Å². The van der Waals surface area contributed by atoms with Gasteiger partial charge >= 0.3 is 5.97 Å². The van der Waals surface area contributed by atoms with Crippen molar-refractivity contribution >= 4 is 16.0 Å². The van der Waals surface area contributed by atoms with E-state index in [-0.39, 0.29) is 31.2 Å². The predicted octanol–water partition coefficient (Wildman–Crippen LogP) is 0.0531. The molecular formula is C9H19NO5S. The summed E-state index contributed by atoms with van der Waals surface area (Å²) < 4.78 is 29.7. The van der Waals surface area contributed by atoms with Crippen LogP contribution in [0.4, 0.5) is 0 Å². The van der Waals surface area contributed by atoms with E-state index in [1.165, 1.54) is 7.11 Å². The van der Waals surface area contributed by atoms with Crippen LogP contribution >= 0.6 is 0 Å². The smallest absolute Gasteiger partial charge is 0.303 e. The summed E-state index contributed by atoms with van der Waals surface area (Å²) in [6, 6.07) is 0. The van der Waals surface area contributed by atoms with Crippen LogP contribution in [0.5, 0.6) is 0 Å². The second-order valence-corrected chi connectivity index (χ2v) is 5.62. The minimum absolute atomic E-state index is 0.00780. The SMILES string of the molecule is COCCS(=O)(=O)NCC(C)CCC(=O)O. The molecule has 0 aromatic rings. The van der Waals surface area contributed by atoms with Gasteiger partial charge < -0.3 is 9.84 Å². The van der Waals surface area contributed by atoms with E-state index in [1.54, 1.807) is 0 Å². The van der Waals surface area contributed by atoms with Crippen LogP contribution < -0.4 is 4.72 Å². The topological polar surface area (TPSA) is 92.7 Å². The molecule has 0 radical (unpaired) electrons. The number of carbonyl (C=O) groups is 1. The maximum absolute atomic E-state index is 11.3.